The molecule has 1 spiro atoms. The maximum Gasteiger partial charge on any atom is 0.225 e. The van der Waals surface area contributed by atoms with Crippen molar-refractivity contribution in [2.75, 3.05) is 44.3 Å². The SMILES string of the molecule is C1=CC2(CC[C@H]1N1CCOCC1)CCN(c1ncccn1)CC2. The van der Waals surface area contributed by atoms with Gasteiger partial charge in [0.2, 0.25) is 5.95 Å². The molecule has 1 atom stereocenters. The summed E-state index contributed by atoms with van der Waals surface area (Å²) in [5, 5.41) is 0. The van der Waals surface area contributed by atoms with Crippen LogP contribution in [-0.2, 0) is 4.74 Å². The van der Waals surface area contributed by atoms with Crippen LogP contribution in [-0.4, -0.2) is 60.3 Å². The van der Waals surface area contributed by atoms with Crippen molar-refractivity contribution in [1.29, 1.82) is 0 Å². The highest BCUT2D eigenvalue weighted by molar-refractivity contribution is 5.30. The molecule has 1 aromatic heterocycles. The van der Waals surface area contributed by atoms with Crippen molar-refractivity contribution in [3.8, 4) is 0 Å². The first kappa shape index (κ1) is 15.1. The van der Waals surface area contributed by atoms with Crippen molar-refractivity contribution in [2.24, 2.45) is 5.41 Å². The van der Waals surface area contributed by atoms with Crippen molar-refractivity contribution < 1.29 is 4.74 Å². The van der Waals surface area contributed by atoms with Crippen LogP contribution >= 0.6 is 0 Å². The molecule has 0 unspecified atom stereocenters. The highest BCUT2D eigenvalue weighted by atomic mass is 16.5. The van der Waals surface area contributed by atoms with Crippen LogP contribution in [0.1, 0.15) is 25.7 Å². The number of nitrogens with zero attached hydrogens (tertiary/aromatic N) is 4. The second-order valence-corrected chi connectivity index (χ2v) is 7.01. The predicted octanol–water partition coefficient (Wildman–Crippen LogP) is 2.11. The number of anilines is 1. The molecule has 3 heterocycles. The molecule has 0 aromatic carbocycles. The lowest BCUT2D eigenvalue weighted by atomic mass is 9.71. The van der Waals surface area contributed by atoms with Gasteiger partial charge < -0.3 is 9.64 Å². The van der Waals surface area contributed by atoms with Crippen molar-refractivity contribution in [1.82, 2.24) is 14.9 Å². The van der Waals surface area contributed by atoms with E-state index in [-0.39, 0.29) is 0 Å². The Morgan fingerprint density at radius 2 is 1.74 bits per heavy atom. The Balaban J connectivity index is 1.36. The zero-order chi connectivity index (χ0) is 15.5. The number of morpholine rings is 1. The Morgan fingerprint density at radius 1 is 1.00 bits per heavy atom. The Hall–Kier alpha value is -1.46. The number of hydrogen-bond donors (Lipinski definition) is 0. The molecule has 2 aliphatic heterocycles. The fourth-order valence-electron chi connectivity index (χ4n) is 4.17. The Morgan fingerprint density at radius 3 is 2.39 bits per heavy atom. The molecule has 4 rings (SSSR count). The van der Waals surface area contributed by atoms with Crippen molar-refractivity contribution in [3.05, 3.63) is 30.6 Å². The minimum absolute atomic E-state index is 0.411. The van der Waals surface area contributed by atoms with E-state index in [9.17, 15) is 0 Å². The summed E-state index contributed by atoms with van der Waals surface area (Å²) in [5.74, 6) is 0.883. The van der Waals surface area contributed by atoms with Crippen LogP contribution in [0.2, 0.25) is 0 Å². The maximum atomic E-state index is 5.47. The molecule has 1 aliphatic carbocycles. The second-order valence-electron chi connectivity index (χ2n) is 7.01. The lowest BCUT2D eigenvalue weighted by Crippen LogP contribution is -2.46. The number of hydrogen-bond acceptors (Lipinski definition) is 5. The summed E-state index contributed by atoms with van der Waals surface area (Å²) in [5.41, 5.74) is 0.411. The van der Waals surface area contributed by atoms with Gasteiger partial charge in [0, 0.05) is 44.6 Å². The maximum absolute atomic E-state index is 5.47. The molecular weight excluding hydrogens is 288 g/mol. The standard InChI is InChI=1S/C18H26N4O/c1-8-19-17(20-9-1)22-10-6-18(7-11-22)4-2-16(3-5-18)21-12-14-23-15-13-21/h1-2,4,8-9,16H,3,5-7,10-15H2/t16-/m0/s1. The fourth-order valence-corrected chi connectivity index (χ4v) is 4.17. The number of ether oxygens (including phenoxy) is 1. The topological polar surface area (TPSA) is 41.5 Å². The van der Waals surface area contributed by atoms with E-state index in [2.05, 4.69) is 31.9 Å². The van der Waals surface area contributed by atoms with Gasteiger partial charge in [0.15, 0.2) is 0 Å². The molecule has 3 aliphatic rings. The van der Waals surface area contributed by atoms with Crippen LogP contribution in [0, 0.1) is 5.41 Å². The Kier molecular flexibility index (Phi) is 4.31. The quantitative estimate of drug-likeness (QED) is 0.782. The van der Waals surface area contributed by atoms with Crippen LogP contribution < -0.4 is 4.90 Å². The number of aromatic nitrogens is 2. The number of allylic oxidation sites excluding steroid dienone is 1. The van der Waals surface area contributed by atoms with Gasteiger partial charge in [-0.15, -0.1) is 0 Å². The summed E-state index contributed by atoms with van der Waals surface area (Å²) in [6.07, 6.45) is 13.7. The highest BCUT2D eigenvalue weighted by Crippen LogP contribution is 2.42. The van der Waals surface area contributed by atoms with Gasteiger partial charge in [-0.05, 0) is 37.2 Å². The second kappa shape index (κ2) is 6.57. The van der Waals surface area contributed by atoms with E-state index in [1.807, 2.05) is 18.5 Å². The van der Waals surface area contributed by atoms with Gasteiger partial charge >= 0.3 is 0 Å². The zero-order valence-corrected chi connectivity index (χ0v) is 13.7. The summed E-state index contributed by atoms with van der Waals surface area (Å²) < 4.78 is 5.47. The third-order valence-electron chi connectivity index (χ3n) is 5.72. The number of rotatable bonds is 2. The molecule has 0 amide bonds. The van der Waals surface area contributed by atoms with Gasteiger partial charge in [0.25, 0.3) is 0 Å². The van der Waals surface area contributed by atoms with E-state index < -0.39 is 0 Å². The summed E-state index contributed by atoms with van der Waals surface area (Å²) in [4.78, 5) is 13.7. The molecule has 0 radical (unpaired) electrons. The Bertz CT molecular complexity index is 533. The summed E-state index contributed by atoms with van der Waals surface area (Å²) in [7, 11) is 0. The summed E-state index contributed by atoms with van der Waals surface area (Å²) in [6.45, 7) is 6.08. The highest BCUT2D eigenvalue weighted by Gasteiger charge is 2.36. The molecule has 0 saturated carbocycles. The summed E-state index contributed by atoms with van der Waals surface area (Å²) >= 11 is 0. The first-order valence-corrected chi connectivity index (χ1v) is 8.88. The molecule has 2 saturated heterocycles. The molecule has 5 heteroatoms. The van der Waals surface area contributed by atoms with Crippen LogP contribution in [0.4, 0.5) is 5.95 Å². The minimum atomic E-state index is 0.411. The minimum Gasteiger partial charge on any atom is -0.379 e. The smallest absolute Gasteiger partial charge is 0.225 e. The van der Waals surface area contributed by atoms with E-state index in [0.717, 1.165) is 45.3 Å². The molecule has 23 heavy (non-hydrogen) atoms. The molecule has 0 bridgehead atoms. The van der Waals surface area contributed by atoms with Gasteiger partial charge in [-0.25, -0.2) is 9.97 Å². The molecular formula is C18H26N4O. The zero-order valence-electron chi connectivity index (χ0n) is 13.7. The summed E-state index contributed by atoms with van der Waals surface area (Å²) in [6, 6.07) is 2.50. The van der Waals surface area contributed by atoms with Gasteiger partial charge in [-0.1, -0.05) is 12.2 Å². The van der Waals surface area contributed by atoms with Crippen LogP contribution in [0.25, 0.3) is 0 Å². The molecule has 1 aromatic rings. The first-order chi connectivity index (χ1) is 11.3. The largest absolute Gasteiger partial charge is 0.379 e. The van der Waals surface area contributed by atoms with Crippen LogP contribution in [0.15, 0.2) is 30.6 Å². The van der Waals surface area contributed by atoms with E-state index in [0.29, 0.717) is 11.5 Å². The molecule has 0 N–H and O–H groups in total. The van der Waals surface area contributed by atoms with Crippen molar-refractivity contribution in [3.63, 3.8) is 0 Å². The van der Waals surface area contributed by atoms with Gasteiger partial charge in [0.05, 0.1) is 13.2 Å². The molecule has 124 valence electrons. The van der Waals surface area contributed by atoms with Crippen molar-refractivity contribution >= 4 is 5.95 Å². The van der Waals surface area contributed by atoms with E-state index in [1.54, 1.807) is 0 Å². The van der Waals surface area contributed by atoms with Crippen molar-refractivity contribution in [2.45, 2.75) is 31.7 Å². The van der Waals surface area contributed by atoms with Gasteiger partial charge in [-0.3, -0.25) is 4.90 Å². The van der Waals surface area contributed by atoms with E-state index >= 15 is 0 Å². The molecule has 5 nitrogen and oxygen atoms in total. The lowest BCUT2D eigenvalue weighted by molar-refractivity contribution is 0.0196. The third-order valence-corrected chi connectivity index (χ3v) is 5.72. The first-order valence-electron chi connectivity index (χ1n) is 8.88. The molecule has 2 fully saturated rings. The number of piperidine rings is 1. The lowest BCUT2D eigenvalue weighted by Gasteiger charge is -2.44. The monoisotopic (exact) mass is 314 g/mol. The predicted molar refractivity (Wildman–Crippen MR) is 90.5 cm³/mol. The van der Waals surface area contributed by atoms with Crippen LogP contribution in [0.5, 0.6) is 0 Å². The Labute approximate surface area is 138 Å². The van der Waals surface area contributed by atoms with Gasteiger partial charge in [0.1, 0.15) is 0 Å². The normalized spacial score (nSPS) is 28.2. The van der Waals surface area contributed by atoms with Crippen LogP contribution in [0.3, 0.4) is 0 Å². The fraction of sp³-hybridized carbons (Fsp3) is 0.667. The van der Waals surface area contributed by atoms with E-state index in [4.69, 9.17) is 4.74 Å². The average molecular weight is 314 g/mol. The average Bonchev–Trinajstić information content (AvgIpc) is 2.65. The third kappa shape index (κ3) is 3.26. The van der Waals surface area contributed by atoms with E-state index in [1.165, 1.54) is 25.7 Å². The van der Waals surface area contributed by atoms with Gasteiger partial charge in [-0.2, -0.15) is 0 Å².